The van der Waals surface area contributed by atoms with Crippen molar-refractivity contribution in [1.82, 2.24) is 0 Å². The number of benzene rings is 2. The minimum absolute atomic E-state index is 0.128. The Morgan fingerprint density at radius 3 is 2.57 bits per heavy atom. The Bertz CT molecular complexity index is 810. The van der Waals surface area contributed by atoms with Crippen molar-refractivity contribution in [2.75, 3.05) is 12.1 Å². The highest BCUT2D eigenvalue weighted by atomic mass is 79.9. The molecule has 0 aromatic heterocycles. The molecule has 0 spiro atoms. The number of rotatable bonds is 3. The molecule has 3 rings (SSSR count). The summed E-state index contributed by atoms with van der Waals surface area (Å²) >= 11 is 3.41. The van der Waals surface area contributed by atoms with Crippen LogP contribution in [0.25, 0.3) is 6.08 Å². The third-order valence-electron chi connectivity index (χ3n) is 3.54. The zero-order chi connectivity index (χ0) is 16.4. The molecule has 5 heteroatoms. The SMILES string of the molecule is COc1ccc(/C=C2/C(=O)N(c3cccc(Br)c3)N=C2C)cc1. The molecule has 0 unspecified atom stereocenters. The molecule has 1 aliphatic heterocycles. The molecule has 23 heavy (non-hydrogen) atoms. The van der Waals surface area contributed by atoms with Crippen LogP contribution in [0, 0.1) is 0 Å². The van der Waals surface area contributed by atoms with Crippen molar-refractivity contribution in [3.63, 3.8) is 0 Å². The van der Waals surface area contributed by atoms with Crippen LogP contribution in [-0.4, -0.2) is 18.7 Å². The lowest BCUT2D eigenvalue weighted by Crippen LogP contribution is -2.21. The van der Waals surface area contributed by atoms with Gasteiger partial charge < -0.3 is 4.74 Å². The first-order chi connectivity index (χ1) is 11.1. The Kier molecular flexibility index (Phi) is 4.30. The van der Waals surface area contributed by atoms with E-state index in [9.17, 15) is 4.79 Å². The van der Waals surface area contributed by atoms with E-state index in [0.29, 0.717) is 11.3 Å². The predicted molar refractivity (Wildman–Crippen MR) is 95.7 cm³/mol. The number of nitrogens with zero attached hydrogens (tertiary/aromatic N) is 2. The molecule has 0 radical (unpaired) electrons. The number of hydrogen-bond donors (Lipinski definition) is 0. The zero-order valence-corrected chi connectivity index (χ0v) is 14.4. The maximum absolute atomic E-state index is 12.7. The Labute approximate surface area is 143 Å². The summed E-state index contributed by atoms with van der Waals surface area (Å²) in [5.74, 6) is 0.655. The van der Waals surface area contributed by atoms with Crippen LogP contribution >= 0.6 is 15.9 Å². The first kappa shape index (κ1) is 15.5. The fourth-order valence-corrected chi connectivity index (χ4v) is 2.72. The smallest absolute Gasteiger partial charge is 0.280 e. The van der Waals surface area contributed by atoms with E-state index in [-0.39, 0.29) is 5.91 Å². The summed E-state index contributed by atoms with van der Waals surface area (Å²) in [6.45, 7) is 1.84. The maximum Gasteiger partial charge on any atom is 0.280 e. The van der Waals surface area contributed by atoms with Crippen molar-refractivity contribution in [3.8, 4) is 5.75 Å². The molecule has 0 aliphatic carbocycles. The van der Waals surface area contributed by atoms with Gasteiger partial charge >= 0.3 is 0 Å². The third-order valence-corrected chi connectivity index (χ3v) is 4.04. The van der Waals surface area contributed by atoms with Crippen LogP contribution in [0.3, 0.4) is 0 Å². The van der Waals surface area contributed by atoms with Gasteiger partial charge in [0.2, 0.25) is 0 Å². The number of halogens is 1. The van der Waals surface area contributed by atoms with Crippen molar-refractivity contribution < 1.29 is 9.53 Å². The molecule has 0 N–H and O–H groups in total. The average molecular weight is 371 g/mol. The zero-order valence-electron chi connectivity index (χ0n) is 12.8. The summed E-state index contributed by atoms with van der Waals surface area (Å²) < 4.78 is 6.05. The van der Waals surface area contributed by atoms with Gasteiger partial charge in [0, 0.05) is 4.47 Å². The Hall–Kier alpha value is -2.40. The number of amides is 1. The van der Waals surface area contributed by atoms with E-state index in [4.69, 9.17) is 4.74 Å². The molecule has 1 aliphatic rings. The Morgan fingerprint density at radius 1 is 1.17 bits per heavy atom. The largest absolute Gasteiger partial charge is 0.497 e. The molecule has 4 nitrogen and oxygen atoms in total. The standard InChI is InChI=1S/C18H15BrN2O2/c1-12-17(10-13-6-8-16(23-2)9-7-13)18(22)21(20-12)15-5-3-4-14(19)11-15/h3-11H,1-2H3/b17-10+. The number of anilines is 1. The Balaban J connectivity index is 1.91. The van der Waals surface area contributed by atoms with Crippen molar-refractivity contribution in [2.45, 2.75) is 6.92 Å². The number of hydrogen-bond acceptors (Lipinski definition) is 3. The summed E-state index contributed by atoms with van der Waals surface area (Å²) in [5.41, 5.74) is 2.96. The molecule has 0 bridgehead atoms. The second kappa shape index (κ2) is 6.38. The summed E-state index contributed by atoms with van der Waals surface area (Å²) in [6, 6.07) is 15.1. The molecule has 0 fully saturated rings. The quantitative estimate of drug-likeness (QED) is 0.757. The minimum atomic E-state index is -0.128. The van der Waals surface area contributed by atoms with Crippen LogP contribution in [-0.2, 0) is 4.79 Å². The molecular weight excluding hydrogens is 356 g/mol. The van der Waals surface area contributed by atoms with Gasteiger partial charge in [0.05, 0.1) is 24.1 Å². The summed E-state index contributed by atoms with van der Waals surface area (Å²) in [6.07, 6.45) is 1.85. The molecule has 2 aromatic rings. The molecule has 116 valence electrons. The second-order valence-electron chi connectivity index (χ2n) is 5.11. The summed E-state index contributed by atoms with van der Waals surface area (Å²) in [7, 11) is 1.63. The lowest BCUT2D eigenvalue weighted by atomic mass is 10.1. The van der Waals surface area contributed by atoms with Crippen LogP contribution in [0.4, 0.5) is 5.69 Å². The van der Waals surface area contributed by atoms with E-state index in [1.54, 1.807) is 7.11 Å². The minimum Gasteiger partial charge on any atom is -0.497 e. The topological polar surface area (TPSA) is 41.9 Å². The first-order valence-corrected chi connectivity index (χ1v) is 7.89. The van der Waals surface area contributed by atoms with Gasteiger partial charge in [-0.05, 0) is 48.9 Å². The van der Waals surface area contributed by atoms with Gasteiger partial charge in [0.1, 0.15) is 5.75 Å². The van der Waals surface area contributed by atoms with Gasteiger partial charge in [-0.1, -0.05) is 34.1 Å². The van der Waals surface area contributed by atoms with E-state index in [1.807, 2.05) is 61.5 Å². The van der Waals surface area contributed by atoms with Crippen LogP contribution < -0.4 is 9.75 Å². The summed E-state index contributed by atoms with van der Waals surface area (Å²) in [4.78, 5) is 12.7. The maximum atomic E-state index is 12.7. The number of carbonyl (C=O) groups excluding carboxylic acids is 1. The highest BCUT2D eigenvalue weighted by molar-refractivity contribution is 9.10. The average Bonchev–Trinajstić information content (AvgIpc) is 2.84. The number of methoxy groups -OCH3 is 1. The molecule has 0 saturated heterocycles. The van der Waals surface area contributed by atoms with Gasteiger partial charge in [0.15, 0.2) is 0 Å². The van der Waals surface area contributed by atoms with Crippen molar-refractivity contribution in [2.24, 2.45) is 5.10 Å². The number of ether oxygens (including phenoxy) is 1. The van der Waals surface area contributed by atoms with Gasteiger partial charge in [-0.3, -0.25) is 4.79 Å². The van der Waals surface area contributed by atoms with Gasteiger partial charge in [0.25, 0.3) is 5.91 Å². The molecular formula is C18H15BrN2O2. The normalized spacial score (nSPS) is 16.0. The lowest BCUT2D eigenvalue weighted by Gasteiger charge is -2.11. The van der Waals surface area contributed by atoms with Crippen LogP contribution in [0.15, 0.2) is 63.7 Å². The van der Waals surface area contributed by atoms with Crippen LogP contribution in [0.5, 0.6) is 5.75 Å². The van der Waals surface area contributed by atoms with E-state index < -0.39 is 0 Å². The number of carbonyl (C=O) groups is 1. The highest BCUT2D eigenvalue weighted by Gasteiger charge is 2.28. The molecule has 1 amide bonds. The van der Waals surface area contributed by atoms with Gasteiger partial charge in [-0.15, -0.1) is 0 Å². The van der Waals surface area contributed by atoms with Crippen LogP contribution in [0.1, 0.15) is 12.5 Å². The van der Waals surface area contributed by atoms with Gasteiger partial charge in [-0.25, -0.2) is 0 Å². The fraction of sp³-hybridized carbons (Fsp3) is 0.111. The van der Waals surface area contributed by atoms with Gasteiger partial charge in [-0.2, -0.15) is 10.1 Å². The van der Waals surface area contributed by atoms with Crippen molar-refractivity contribution in [1.29, 1.82) is 0 Å². The third kappa shape index (κ3) is 3.19. The number of hydrazone groups is 1. The molecule has 1 heterocycles. The first-order valence-electron chi connectivity index (χ1n) is 7.10. The highest BCUT2D eigenvalue weighted by Crippen LogP contribution is 2.27. The fourth-order valence-electron chi connectivity index (χ4n) is 2.33. The lowest BCUT2D eigenvalue weighted by molar-refractivity contribution is -0.114. The molecule has 0 saturated carbocycles. The van der Waals surface area contributed by atoms with E-state index in [2.05, 4.69) is 21.0 Å². The van der Waals surface area contributed by atoms with E-state index >= 15 is 0 Å². The van der Waals surface area contributed by atoms with Crippen molar-refractivity contribution >= 4 is 39.3 Å². The van der Waals surface area contributed by atoms with E-state index in [0.717, 1.165) is 21.5 Å². The predicted octanol–water partition coefficient (Wildman–Crippen LogP) is 4.26. The Morgan fingerprint density at radius 2 is 1.91 bits per heavy atom. The monoisotopic (exact) mass is 370 g/mol. The van der Waals surface area contributed by atoms with Crippen LogP contribution in [0.2, 0.25) is 0 Å². The van der Waals surface area contributed by atoms with Crippen molar-refractivity contribution in [3.05, 3.63) is 64.1 Å². The second-order valence-corrected chi connectivity index (χ2v) is 6.03. The molecule has 0 atom stereocenters. The summed E-state index contributed by atoms with van der Waals surface area (Å²) in [5, 5.41) is 5.80. The van der Waals surface area contributed by atoms with E-state index in [1.165, 1.54) is 5.01 Å². The molecule has 2 aromatic carbocycles.